The molecule has 0 aromatic carbocycles. The third-order valence-electron chi connectivity index (χ3n) is 5.66. The summed E-state index contributed by atoms with van der Waals surface area (Å²) in [5.74, 6) is 2.16. The summed E-state index contributed by atoms with van der Waals surface area (Å²) in [5.41, 5.74) is 1.84. The maximum Gasteiger partial charge on any atom is 0.216 e. The average molecular weight is 410 g/mol. The molecule has 0 amide bonds. The van der Waals surface area contributed by atoms with Crippen molar-refractivity contribution in [3.63, 3.8) is 0 Å². The summed E-state index contributed by atoms with van der Waals surface area (Å²) < 4.78 is 19.7. The highest BCUT2D eigenvalue weighted by Gasteiger charge is 2.25. The van der Waals surface area contributed by atoms with Crippen molar-refractivity contribution in [1.29, 1.82) is 0 Å². The van der Waals surface area contributed by atoms with Crippen molar-refractivity contribution in [1.82, 2.24) is 24.6 Å². The Morgan fingerprint density at radius 2 is 1.80 bits per heavy atom. The number of ether oxygens (including phenoxy) is 3. The normalized spacial score (nSPS) is 22.2. The second kappa shape index (κ2) is 8.43. The summed E-state index contributed by atoms with van der Waals surface area (Å²) in [5, 5.41) is 4.33. The van der Waals surface area contributed by atoms with Gasteiger partial charge in [0.1, 0.15) is 18.3 Å². The van der Waals surface area contributed by atoms with Gasteiger partial charge in [-0.3, -0.25) is 0 Å². The van der Waals surface area contributed by atoms with Crippen molar-refractivity contribution < 1.29 is 14.2 Å². The Hall–Kier alpha value is -2.94. The molecule has 30 heavy (non-hydrogen) atoms. The number of fused-ring (bicyclic) bond motifs is 1. The van der Waals surface area contributed by atoms with Crippen molar-refractivity contribution >= 4 is 11.3 Å². The van der Waals surface area contributed by atoms with Gasteiger partial charge >= 0.3 is 0 Å². The minimum absolute atomic E-state index is 0.137. The van der Waals surface area contributed by atoms with Crippen molar-refractivity contribution in [3.05, 3.63) is 36.7 Å². The van der Waals surface area contributed by atoms with Gasteiger partial charge in [-0.1, -0.05) is 0 Å². The first-order valence-electron chi connectivity index (χ1n) is 10.5. The van der Waals surface area contributed by atoms with Crippen LogP contribution in [0.25, 0.3) is 5.65 Å². The molecule has 1 aliphatic heterocycles. The molecule has 9 nitrogen and oxygen atoms in total. The van der Waals surface area contributed by atoms with Crippen LogP contribution >= 0.6 is 0 Å². The van der Waals surface area contributed by atoms with Crippen LogP contribution in [0.5, 0.6) is 11.6 Å². The number of anilines is 1. The van der Waals surface area contributed by atoms with E-state index in [2.05, 4.69) is 31.0 Å². The summed E-state index contributed by atoms with van der Waals surface area (Å²) in [6.07, 6.45) is 9.32. The Labute approximate surface area is 175 Å². The average Bonchev–Trinajstić information content (AvgIpc) is 3.25. The number of morpholine rings is 1. The van der Waals surface area contributed by atoms with E-state index < -0.39 is 0 Å². The Morgan fingerprint density at radius 3 is 2.57 bits per heavy atom. The SMILES string of the molecule is Cc1nccc(OC2CCC(Oc3cc(N4CCOCC4)cn4ncnc34)CC2)n1. The molecule has 3 aromatic rings. The van der Waals surface area contributed by atoms with Crippen LogP contribution in [0.2, 0.25) is 0 Å². The minimum Gasteiger partial charge on any atom is -0.486 e. The molecular formula is C21H26N6O3. The molecular weight excluding hydrogens is 384 g/mol. The predicted molar refractivity (Wildman–Crippen MR) is 110 cm³/mol. The molecule has 4 heterocycles. The smallest absolute Gasteiger partial charge is 0.216 e. The number of aryl methyl sites for hydroxylation is 1. The monoisotopic (exact) mass is 410 g/mol. The van der Waals surface area contributed by atoms with E-state index in [1.807, 2.05) is 19.2 Å². The Morgan fingerprint density at radius 1 is 1.03 bits per heavy atom. The lowest BCUT2D eigenvalue weighted by Gasteiger charge is -2.31. The molecule has 1 saturated carbocycles. The maximum absolute atomic E-state index is 6.41. The standard InChI is InChI=1S/C21H26N6O3/c1-15-22-7-6-20(25-15)30-18-4-2-17(3-5-18)29-19-12-16(26-8-10-28-11-9-26)13-27-21(19)23-14-24-27/h6-7,12-14,17-18H,2-5,8-11H2,1H3. The summed E-state index contributed by atoms with van der Waals surface area (Å²) in [6.45, 7) is 5.08. The van der Waals surface area contributed by atoms with Gasteiger partial charge in [-0.15, -0.1) is 0 Å². The molecule has 2 aliphatic rings. The third-order valence-corrected chi connectivity index (χ3v) is 5.66. The zero-order chi connectivity index (χ0) is 20.3. The number of pyridine rings is 1. The van der Waals surface area contributed by atoms with Crippen LogP contribution in [-0.2, 0) is 4.74 Å². The van der Waals surface area contributed by atoms with Gasteiger partial charge in [-0.2, -0.15) is 10.1 Å². The highest BCUT2D eigenvalue weighted by Crippen LogP contribution is 2.31. The van der Waals surface area contributed by atoms with Gasteiger partial charge in [-0.05, 0) is 32.6 Å². The van der Waals surface area contributed by atoms with Crippen LogP contribution in [0.3, 0.4) is 0 Å². The van der Waals surface area contributed by atoms with E-state index in [0.717, 1.165) is 74.9 Å². The van der Waals surface area contributed by atoms with Gasteiger partial charge in [0.15, 0.2) is 11.4 Å². The van der Waals surface area contributed by atoms with Crippen LogP contribution in [0, 0.1) is 6.92 Å². The first-order chi connectivity index (χ1) is 14.7. The molecule has 0 bridgehead atoms. The quantitative estimate of drug-likeness (QED) is 0.634. The van der Waals surface area contributed by atoms with Crippen molar-refractivity contribution in [2.24, 2.45) is 0 Å². The van der Waals surface area contributed by atoms with Gasteiger partial charge < -0.3 is 19.1 Å². The predicted octanol–water partition coefficient (Wildman–Crippen LogP) is 2.43. The van der Waals surface area contributed by atoms with Crippen LogP contribution in [0.4, 0.5) is 5.69 Å². The van der Waals surface area contributed by atoms with Crippen LogP contribution in [0.1, 0.15) is 31.5 Å². The highest BCUT2D eigenvalue weighted by atomic mass is 16.5. The maximum atomic E-state index is 6.41. The molecule has 0 N–H and O–H groups in total. The second-order valence-corrected chi connectivity index (χ2v) is 7.77. The van der Waals surface area contributed by atoms with E-state index in [9.17, 15) is 0 Å². The van der Waals surface area contributed by atoms with E-state index >= 15 is 0 Å². The third kappa shape index (κ3) is 4.16. The van der Waals surface area contributed by atoms with Crippen molar-refractivity contribution in [2.45, 2.75) is 44.8 Å². The fourth-order valence-corrected chi connectivity index (χ4v) is 4.08. The Kier molecular flexibility index (Phi) is 5.35. The van der Waals surface area contributed by atoms with Crippen molar-refractivity contribution in [3.8, 4) is 11.6 Å². The lowest BCUT2D eigenvalue weighted by molar-refractivity contribution is 0.0783. The summed E-state index contributed by atoms with van der Waals surface area (Å²) in [7, 11) is 0. The number of hydrogen-bond acceptors (Lipinski definition) is 8. The Balaban J connectivity index is 1.25. The Bertz CT molecular complexity index is 995. The van der Waals surface area contributed by atoms with E-state index in [1.165, 1.54) is 0 Å². The number of nitrogens with zero attached hydrogens (tertiary/aromatic N) is 6. The van der Waals surface area contributed by atoms with E-state index in [1.54, 1.807) is 17.0 Å². The number of hydrogen-bond donors (Lipinski definition) is 0. The highest BCUT2D eigenvalue weighted by molar-refractivity contribution is 5.61. The summed E-state index contributed by atoms with van der Waals surface area (Å²) >= 11 is 0. The van der Waals surface area contributed by atoms with Crippen LogP contribution in [0.15, 0.2) is 30.9 Å². The molecule has 0 unspecified atom stereocenters. The topological polar surface area (TPSA) is 86.9 Å². The summed E-state index contributed by atoms with van der Waals surface area (Å²) in [6, 6.07) is 3.90. The van der Waals surface area contributed by atoms with Crippen LogP contribution < -0.4 is 14.4 Å². The van der Waals surface area contributed by atoms with Gasteiger partial charge in [-0.25, -0.2) is 14.5 Å². The summed E-state index contributed by atoms with van der Waals surface area (Å²) in [4.78, 5) is 15.2. The molecule has 0 radical (unpaired) electrons. The number of rotatable bonds is 5. The first kappa shape index (κ1) is 19.0. The van der Waals surface area contributed by atoms with Gasteiger partial charge in [0.2, 0.25) is 5.88 Å². The fraction of sp³-hybridized carbons (Fsp3) is 0.524. The molecule has 5 rings (SSSR count). The first-order valence-corrected chi connectivity index (χ1v) is 10.5. The fourth-order valence-electron chi connectivity index (χ4n) is 4.08. The second-order valence-electron chi connectivity index (χ2n) is 7.77. The van der Waals surface area contributed by atoms with E-state index in [0.29, 0.717) is 5.88 Å². The van der Waals surface area contributed by atoms with Gasteiger partial charge in [0.05, 0.1) is 31.2 Å². The van der Waals surface area contributed by atoms with E-state index in [4.69, 9.17) is 14.2 Å². The molecule has 1 saturated heterocycles. The molecule has 3 aromatic heterocycles. The molecule has 1 aliphatic carbocycles. The van der Waals surface area contributed by atoms with Gasteiger partial charge in [0, 0.05) is 31.4 Å². The molecule has 2 fully saturated rings. The molecule has 158 valence electrons. The lowest BCUT2D eigenvalue weighted by atomic mass is 9.95. The lowest BCUT2D eigenvalue weighted by Crippen LogP contribution is -2.36. The van der Waals surface area contributed by atoms with Crippen LogP contribution in [-0.4, -0.2) is 63.1 Å². The zero-order valence-electron chi connectivity index (χ0n) is 17.1. The number of aromatic nitrogens is 5. The largest absolute Gasteiger partial charge is 0.486 e. The minimum atomic E-state index is 0.137. The van der Waals surface area contributed by atoms with Gasteiger partial charge in [0.25, 0.3) is 0 Å². The molecule has 9 heteroatoms. The van der Waals surface area contributed by atoms with E-state index in [-0.39, 0.29) is 12.2 Å². The zero-order valence-corrected chi connectivity index (χ0v) is 17.1. The molecule has 0 spiro atoms. The van der Waals surface area contributed by atoms with Crippen molar-refractivity contribution in [2.75, 3.05) is 31.2 Å². The molecule has 0 atom stereocenters.